The molecule has 1 unspecified atom stereocenters. The van der Waals surface area contributed by atoms with Crippen LogP contribution < -0.4 is 0 Å². The first-order chi connectivity index (χ1) is 10.5. The fourth-order valence-corrected chi connectivity index (χ4v) is 2.66. The van der Waals surface area contributed by atoms with Gasteiger partial charge in [-0.05, 0) is 19.8 Å². The molecule has 5 nitrogen and oxygen atoms in total. The molecule has 0 saturated heterocycles. The van der Waals surface area contributed by atoms with Crippen LogP contribution in [0.4, 0.5) is 0 Å². The first-order valence-electron chi connectivity index (χ1n) is 8.53. The SMILES string of the molecule is CCCCCC(OC)(OC)N(CCC)CC(C)C(=O)OCC. The maximum absolute atomic E-state index is 11.9. The van der Waals surface area contributed by atoms with Crippen molar-refractivity contribution in [3.8, 4) is 0 Å². The Kier molecular flexibility index (Phi) is 11.5. The van der Waals surface area contributed by atoms with Crippen molar-refractivity contribution in [3.05, 3.63) is 0 Å². The second kappa shape index (κ2) is 11.9. The molecule has 1 atom stereocenters. The number of esters is 1. The number of hydrogen-bond acceptors (Lipinski definition) is 5. The van der Waals surface area contributed by atoms with Gasteiger partial charge in [0.25, 0.3) is 0 Å². The van der Waals surface area contributed by atoms with E-state index in [4.69, 9.17) is 14.2 Å². The third-order valence-corrected chi connectivity index (χ3v) is 3.89. The van der Waals surface area contributed by atoms with Crippen LogP contribution in [0.15, 0.2) is 0 Å². The highest BCUT2D eigenvalue weighted by molar-refractivity contribution is 5.72. The molecule has 0 fully saturated rings. The molecule has 5 heteroatoms. The molecule has 0 aromatic heterocycles. The van der Waals surface area contributed by atoms with E-state index in [1.54, 1.807) is 14.2 Å². The molecule has 0 saturated carbocycles. The monoisotopic (exact) mass is 317 g/mol. The lowest BCUT2D eigenvalue weighted by molar-refractivity contribution is -0.301. The molecule has 0 aromatic rings. The molecule has 0 rings (SSSR count). The quantitative estimate of drug-likeness (QED) is 0.296. The minimum absolute atomic E-state index is 0.168. The van der Waals surface area contributed by atoms with E-state index in [1.165, 1.54) is 0 Å². The molecule has 0 N–H and O–H groups in total. The summed E-state index contributed by atoms with van der Waals surface area (Å²) in [4.78, 5) is 14.0. The normalized spacial score (nSPS) is 13.4. The van der Waals surface area contributed by atoms with E-state index >= 15 is 0 Å². The minimum atomic E-state index is -0.758. The van der Waals surface area contributed by atoms with Crippen LogP contribution in [0.3, 0.4) is 0 Å². The zero-order valence-corrected chi connectivity index (χ0v) is 15.3. The van der Waals surface area contributed by atoms with Gasteiger partial charge in [0.05, 0.1) is 12.5 Å². The van der Waals surface area contributed by atoms with Crippen LogP contribution in [0.1, 0.15) is 59.8 Å². The van der Waals surface area contributed by atoms with Crippen molar-refractivity contribution >= 4 is 5.97 Å². The molecule has 0 bridgehead atoms. The van der Waals surface area contributed by atoms with Crippen molar-refractivity contribution in [2.24, 2.45) is 5.92 Å². The number of methoxy groups -OCH3 is 2. The van der Waals surface area contributed by atoms with Crippen LogP contribution in [0.25, 0.3) is 0 Å². The molecular weight excluding hydrogens is 282 g/mol. The fourth-order valence-electron chi connectivity index (χ4n) is 2.66. The Labute approximate surface area is 136 Å². The van der Waals surface area contributed by atoms with Gasteiger partial charge in [0, 0.05) is 33.7 Å². The smallest absolute Gasteiger partial charge is 0.309 e. The Balaban J connectivity index is 4.98. The molecule has 0 aliphatic carbocycles. The van der Waals surface area contributed by atoms with Gasteiger partial charge in [-0.2, -0.15) is 0 Å². The van der Waals surface area contributed by atoms with E-state index in [1.807, 2.05) is 13.8 Å². The standard InChI is InChI=1S/C17H35NO4/c1-7-10-11-12-17(20-5,21-6)18(13-8-2)14-15(4)16(19)22-9-3/h15H,7-14H2,1-6H3. The summed E-state index contributed by atoms with van der Waals surface area (Å²) < 4.78 is 16.6. The first-order valence-corrected chi connectivity index (χ1v) is 8.53. The van der Waals surface area contributed by atoms with Gasteiger partial charge in [-0.15, -0.1) is 0 Å². The Morgan fingerprint density at radius 3 is 2.18 bits per heavy atom. The summed E-state index contributed by atoms with van der Waals surface area (Å²) in [7, 11) is 3.35. The molecule has 0 aliphatic rings. The summed E-state index contributed by atoms with van der Waals surface area (Å²) in [5.41, 5.74) is 0. The highest BCUT2D eigenvalue weighted by atomic mass is 16.7. The van der Waals surface area contributed by atoms with E-state index in [9.17, 15) is 4.79 Å². The van der Waals surface area contributed by atoms with Gasteiger partial charge >= 0.3 is 5.97 Å². The zero-order chi connectivity index (χ0) is 17.0. The van der Waals surface area contributed by atoms with Crippen molar-refractivity contribution in [3.63, 3.8) is 0 Å². The Morgan fingerprint density at radius 1 is 1.09 bits per heavy atom. The van der Waals surface area contributed by atoms with E-state index in [-0.39, 0.29) is 11.9 Å². The first kappa shape index (κ1) is 21.4. The third-order valence-electron chi connectivity index (χ3n) is 3.89. The Morgan fingerprint density at radius 2 is 1.73 bits per heavy atom. The molecule has 0 heterocycles. The highest BCUT2D eigenvalue weighted by Gasteiger charge is 2.37. The zero-order valence-electron chi connectivity index (χ0n) is 15.3. The van der Waals surface area contributed by atoms with Gasteiger partial charge in [0.2, 0.25) is 5.91 Å². The van der Waals surface area contributed by atoms with E-state index < -0.39 is 5.91 Å². The lowest BCUT2D eigenvalue weighted by Gasteiger charge is -2.42. The summed E-state index contributed by atoms with van der Waals surface area (Å²) in [6, 6.07) is 0. The van der Waals surface area contributed by atoms with Crippen molar-refractivity contribution in [1.82, 2.24) is 4.90 Å². The topological polar surface area (TPSA) is 48.0 Å². The molecule has 132 valence electrons. The predicted molar refractivity (Wildman–Crippen MR) is 88.6 cm³/mol. The molecular formula is C17H35NO4. The predicted octanol–water partition coefficient (Wildman–Crippen LogP) is 3.42. The lowest BCUT2D eigenvalue weighted by Crippen LogP contribution is -2.54. The number of carbonyl (C=O) groups excluding carboxylic acids is 1. The highest BCUT2D eigenvalue weighted by Crippen LogP contribution is 2.26. The minimum Gasteiger partial charge on any atom is -0.466 e. The molecule has 0 amide bonds. The maximum Gasteiger partial charge on any atom is 0.309 e. The third kappa shape index (κ3) is 6.63. The van der Waals surface area contributed by atoms with Crippen LogP contribution in [0, 0.1) is 5.92 Å². The van der Waals surface area contributed by atoms with Crippen LogP contribution in [-0.4, -0.2) is 50.7 Å². The molecule has 0 aromatic carbocycles. The molecule has 0 aliphatic heterocycles. The maximum atomic E-state index is 11.9. The van der Waals surface area contributed by atoms with E-state index in [0.717, 1.165) is 38.6 Å². The van der Waals surface area contributed by atoms with Crippen LogP contribution >= 0.6 is 0 Å². The van der Waals surface area contributed by atoms with Gasteiger partial charge in [-0.1, -0.05) is 33.6 Å². The number of rotatable bonds is 13. The van der Waals surface area contributed by atoms with Crippen molar-refractivity contribution in [1.29, 1.82) is 0 Å². The van der Waals surface area contributed by atoms with Crippen molar-refractivity contribution in [2.75, 3.05) is 33.9 Å². The van der Waals surface area contributed by atoms with Crippen LogP contribution in [-0.2, 0) is 19.0 Å². The van der Waals surface area contributed by atoms with Gasteiger partial charge in [-0.25, -0.2) is 0 Å². The van der Waals surface area contributed by atoms with Crippen molar-refractivity contribution in [2.45, 2.75) is 65.7 Å². The number of carbonyl (C=O) groups is 1. The number of unbranched alkanes of at least 4 members (excludes halogenated alkanes) is 2. The Bertz CT molecular complexity index is 292. The fraction of sp³-hybridized carbons (Fsp3) is 0.941. The number of ether oxygens (including phenoxy) is 3. The van der Waals surface area contributed by atoms with E-state index in [2.05, 4.69) is 18.7 Å². The number of hydrogen-bond donors (Lipinski definition) is 0. The average molecular weight is 317 g/mol. The average Bonchev–Trinajstić information content (AvgIpc) is 2.52. The largest absolute Gasteiger partial charge is 0.466 e. The molecule has 0 spiro atoms. The summed E-state index contributed by atoms with van der Waals surface area (Å²) in [5, 5.41) is 0. The van der Waals surface area contributed by atoms with Gasteiger partial charge < -0.3 is 14.2 Å². The van der Waals surface area contributed by atoms with Gasteiger partial charge in [0.1, 0.15) is 0 Å². The summed E-state index contributed by atoms with van der Waals surface area (Å²) in [6.07, 6.45) is 5.09. The van der Waals surface area contributed by atoms with Crippen LogP contribution in [0.5, 0.6) is 0 Å². The molecule has 0 radical (unpaired) electrons. The summed E-state index contributed by atoms with van der Waals surface area (Å²) in [5.74, 6) is -1.13. The van der Waals surface area contributed by atoms with E-state index in [0.29, 0.717) is 13.2 Å². The second-order valence-corrected chi connectivity index (χ2v) is 5.68. The van der Waals surface area contributed by atoms with Crippen LogP contribution in [0.2, 0.25) is 0 Å². The van der Waals surface area contributed by atoms with Gasteiger partial charge in [-0.3, -0.25) is 9.69 Å². The van der Waals surface area contributed by atoms with Gasteiger partial charge in [0.15, 0.2) is 0 Å². The Hall–Kier alpha value is -0.650. The second-order valence-electron chi connectivity index (χ2n) is 5.68. The summed E-state index contributed by atoms with van der Waals surface area (Å²) >= 11 is 0. The summed E-state index contributed by atoms with van der Waals surface area (Å²) in [6.45, 7) is 9.81. The molecule has 22 heavy (non-hydrogen) atoms. The van der Waals surface area contributed by atoms with Crippen molar-refractivity contribution < 1.29 is 19.0 Å². The number of nitrogens with zero attached hydrogens (tertiary/aromatic N) is 1. The lowest BCUT2D eigenvalue weighted by atomic mass is 10.1.